The first-order valence-electron chi connectivity index (χ1n) is 8.87. The summed E-state index contributed by atoms with van der Waals surface area (Å²) in [5.41, 5.74) is 3.53. The van der Waals surface area contributed by atoms with Gasteiger partial charge in [-0.15, -0.1) is 5.10 Å². The third-order valence-electron chi connectivity index (χ3n) is 4.57. The van der Waals surface area contributed by atoms with Gasteiger partial charge in [-0.05, 0) is 27.1 Å². The van der Waals surface area contributed by atoms with Crippen molar-refractivity contribution >= 4 is 15.9 Å². The molecular formula is C22H19BrN4. The van der Waals surface area contributed by atoms with E-state index in [2.05, 4.69) is 80.0 Å². The van der Waals surface area contributed by atoms with Crippen LogP contribution in [-0.4, -0.2) is 20.2 Å². The fourth-order valence-corrected chi connectivity index (χ4v) is 4.06. The Morgan fingerprint density at radius 2 is 1.30 bits per heavy atom. The lowest BCUT2D eigenvalue weighted by Crippen LogP contribution is -2.20. The van der Waals surface area contributed by atoms with Crippen LogP contribution >= 0.6 is 15.9 Å². The fourth-order valence-electron chi connectivity index (χ4n) is 3.23. The Labute approximate surface area is 167 Å². The standard InChI is InChI=1S/C22H19BrN4/c23-21(18-12-6-2-7-13-18)22(19-14-8-3-9-15-19)27-20(24-25-26-27)16-17-10-4-1-5-11-17/h1-15,21-22H,16H2/t21-,22+/m1/s1. The Morgan fingerprint density at radius 1 is 0.741 bits per heavy atom. The van der Waals surface area contributed by atoms with Crippen molar-refractivity contribution in [3.63, 3.8) is 0 Å². The highest BCUT2D eigenvalue weighted by atomic mass is 79.9. The summed E-state index contributed by atoms with van der Waals surface area (Å²) in [6.45, 7) is 0. The molecule has 0 aliphatic rings. The summed E-state index contributed by atoms with van der Waals surface area (Å²) in [7, 11) is 0. The molecule has 0 saturated heterocycles. The molecule has 0 fully saturated rings. The van der Waals surface area contributed by atoms with Gasteiger partial charge < -0.3 is 0 Å². The first-order valence-corrected chi connectivity index (χ1v) is 9.79. The minimum absolute atomic E-state index is 0.0409. The maximum atomic E-state index is 4.36. The summed E-state index contributed by atoms with van der Waals surface area (Å²) in [4.78, 5) is 0.0409. The molecule has 0 amide bonds. The van der Waals surface area contributed by atoms with Gasteiger partial charge in [0.2, 0.25) is 0 Å². The van der Waals surface area contributed by atoms with E-state index in [4.69, 9.17) is 0 Å². The molecule has 0 aliphatic carbocycles. The zero-order valence-electron chi connectivity index (χ0n) is 14.7. The van der Waals surface area contributed by atoms with Crippen molar-refractivity contribution in [2.45, 2.75) is 17.3 Å². The average molecular weight is 419 g/mol. The molecule has 0 spiro atoms. The predicted octanol–water partition coefficient (Wildman–Crippen LogP) is 4.99. The number of benzene rings is 3. The molecule has 0 unspecified atom stereocenters. The van der Waals surface area contributed by atoms with Crippen LogP contribution in [-0.2, 0) is 6.42 Å². The van der Waals surface area contributed by atoms with Gasteiger partial charge in [-0.25, -0.2) is 4.68 Å². The first-order chi connectivity index (χ1) is 13.3. The highest BCUT2D eigenvalue weighted by molar-refractivity contribution is 9.09. The van der Waals surface area contributed by atoms with Gasteiger partial charge in [0, 0.05) is 6.42 Å². The van der Waals surface area contributed by atoms with Crippen LogP contribution in [0.25, 0.3) is 0 Å². The summed E-state index contributed by atoms with van der Waals surface area (Å²) in [5, 5.41) is 12.7. The molecule has 5 heteroatoms. The normalized spacial score (nSPS) is 13.2. The summed E-state index contributed by atoms with van der Waals surface area (Å²) < 4.78 is 1.94. The Kier molecular flexibility index (Phi) is 5.39. The van der Waals surface area contributed by atoms with Gasteiger partial charge in [-0.3, -0.25) is 0 Å². The maximum absolute atomic E-state index is 4.36. The van der Waals surface area contributed by atoms with E-state index in [1.54, 1.807) is 0 Å². The number of halogens is 1. The van der Waals surface area contributed by atoms with E-state index in [1.165, 1.54) is 11.1 Å². The summed E-state index contributed by atoms with van der Waals surface area (Å²) in [5.74, 6) is 0.843. The molecule has 0 bridgehead atoms. The molecule has 0 aliphatic heterocycles. The number of tetrazole rings is 1. The smallest absolute Gasteiger partial charge is 0.156 e. The molecule has 4 aromatic rings. The lowest BCUT2D eigenvalue weighted by atomic mass is 9.98. The minimum Gasteiger partial charge on any atom is -0.220 e. The quantitative estimate of drug-likeness (QED) is 0.414. The van der Waals surface area contributed by atoms with Gasteiger partial charge in [0.15, 0.2) is 5.82 Å². The summed E-state index contributed by atoms with van der Waals surface area (Å²) in [6.07, 6.45) is 0.686. The van der Waals surface area contributed by atoms with Crippen LogP contribution in [0.15, 0.2) is 91.0 Å². The minimum atomic E-state index is -0.0534. The number of hydrogen-bond acceptors (Lipinski definition) is 3. The Bertz CT molecular complexity index is 971. The number of nitrogens with zero attached hydrogens (tertiary/aromatic N) is 4. The van der Waals surface area contributed by atoms with Crippen molar-refractivity contribution in [2.24, 2.45) is 0 Å². The van der Waals surface area contributed by atoms with Gasteiger partial charge in [0.1, 0.15) is 0 Å². The third kappa shape index (κ3) is 3.98. The monoisotopic (exact) mass is 418 g/mol. The summed E-state index contributed by atoms with van der Waals surface area (Å²) in [6, 6.07) is 31.0. The lowest BCUT2D eigenvalue weighted by Gasteiger charge is -2.24. The zero-order chi connectivity index (χ0) is 18.5. The van der Waals surface area contributed by atoms with Crippen molar-refractivity contribution in [3.8, 4) is 0 Å². The van der Waals surface area contributed by atoms with E-state index in [1.807, 2.05) is 47.1 Å². The van der Waals surface area contributed by atoms with Crippen molar-refractivity contribution < 1.29 is 0 Å². The molecule has 1 aromatic heterocycles. The number of hydrogen-bond donors (Lipinski definition) is 0. The van der Waals surface area contributed by atoms with E-state index in [-0.39, 0.29) is 10.9 Å². The van der Waals surface area contributed by atoms with Crippen molar-refractivity contribution in [3.05, 3.63) is 114 Å². The lowest BCUT2D eigenvalue weighted by molar-refractivity contribution is 0.485. The van der Waals surface area contributed by atoms with Gasteiger partial charge in [0.05, 0.1) is 10.9 Å². The van der Waals surface area contributed by atoms with E-state index in [0.717, 1.165) is 11.4 Å². The van der Waals surface area contributed by atoms with Crippen LogP contribution in [0.3, 0.4) is 0 Å². The van der Waals surface area contributed by atoms with Crippen molar-refractivity contribution in [1.29, 1.82) is 0 Å². The van der Waals surface area contributed by atoms with Gasteiger partial charge in [-0.1, -0.05) is 107 Å². The van der Waals surface area contributed by atoms with Crippen molar-refractivity contribution in [1.82, 2.24) is 20.2 Å². The van der Waals surface area contributed by atoms with Crippen molar-refractivity contribution in [2.75, 3.05) is 0 Å². The SMILES string of the molecule is Br[C@H](c1ccccc1)[C@H](c1ccccc1)n1nnnc1Cc1ccccc1. The Morgan fingerprint density at radius 3 is 1.93 bits per heavy atom. The number of aromatic nitrogens is 4. The molecule has 0 saturated carbocycles. The molecule has 1 heterocycles. The second-order valence-corrected chi connectivity index (χ2v) is 7.36. The topological polar surface area (TPSA) is 43.6 Å². The van der Waals surface area contributed by atoms with Gasteiger partial charge in [-0.2, -0.15) is 0 Å². The highest BCUT2D eigenvalue weighted by Crippen LogP contribution is 2.39. The molecule has 2 atom stereocenters. The van der Waals surface area contributed by atoms with Gasteiger partial charge in [0.25, 0.3) is 0 Å². The zero-order valence-corrected chi connectivity index (χ0v) is 16.3. The van der Waals surface area contributed by atoms with Crippen LogP contribution in [0, 0.1) is 0 Å². The van der Waals surface area contributed by atoms with E-state index >= 15 is 0 Å². The largest absolute Gasteiger partial charge is 0.220 e. The average Bonchev–Trinajstić information content (AvgIpc) is 3.18. The van der Waals surface area contributed by atoms with E-state index < -0.39 is 0 Å². The van der Waals surface area contributed by atoms with Crippen LogP contribution in [0.1, 0.15) is 33.4 Å². The molecule has 27 heavy (non-hydrogen) atoms. The Hall–Kier alpha value is -2.79. The summed E-state index contributed by atoms with van der Waals surface area (Å²) >= 11 is 3.91. The van der Waals surface area contributed by atoms with Crippen LogP contribution in [0.4, 0.5) is 0 Å². The molecular weight excluding hydrogens is 400 g/mol. The Balaban J connectivity index is 1.75. The predicted molar refractivity (Wildman–Crippen MR) is 110 cm³/mol. The molecule has 0 N–H and O–H groups in total. The molecule has 3 aromatic carbocycles. The third-order valence-corrected chi connectivity index (χ3v) is 5.60. The van der Waals surface area contributed by atoms with Crippen LogP contribution in [0.2, 0.25) is 0 Å². The molecule has 4 rings (SSSR count). The fraction of sp³-hybridized carbons (Fsp3) is 0.136. The number of alkyl halides is 1. The second-order valence-electron chi connectivity index (χ2n) is 6.37. The highest BCUT2D eigenvalue weighted by Gasteiger charge is 2.27. The van der Waals surface area contributed by atoms with E-state index in [9.17, 15) is 0 Å². The van der Waals surface area contributed by atoms with E-state index in [0.29, 0.717) is 6.42 Å². The molecule has 134 valence electrons. The molecule has 4 nitrogen and oxygen atoms in total. The van der Waals surface area contributed by atoms with Gasteiger partial charge >= 0.3 is 0 Å². The number of rotatable bonds is 6. The first kappa shape index (κ1) is 17.6. The van der Waals surface area contributed by atoms with Crippen LogP contribution < -0.4 is 0 Å². The van der Waals surface area contributed by atoms with Crippen LogP contribution in [0.5, 0.6) is 0 Å². The maximum Gasteiger partial charge on any atom is 0.156 e. The molecule has 0 radical (unpaired) electrons. The second kappa shape index (κ2) is 8.27.